The van der Waals surface area contributed by atoms with Gasteiger partial charge >= 0.3 is 0 Å². The van der Waals surface area contributed by atoms with Crippen molar-refractivity contribution in [2.24, 2.45) is 0 Å². The zero-order valence-corrected chi connectivity index (χ0v) is 7.40. The number of nitrogen functional groups attached to an aromatic ring is 1. The van der Waals surface area contributed by atoms with Crippen LogP contribution in [0.5, 0.6) is 0 Å². The Morgan fingerprint density at radius 1 is 1.43 bits per heavy atom. The van der Waals surface area contributed by atoms with Crippen LogP contribution in [0.4, 0.5) is 5.95 Å². The number of hydrogen-bond acceptors (Lipinski definition) is 5. The minimum absolute atomic E-state index is 0. The second-order valence-electron chi connectivity index (χ2n) is 2.63. The molecule has 0 unspecified atom stereocenters. The van der Waals surface area contributed by atoms with Crippen molar-refractivity contribution in [1.82, 2.24) is 19.9 Å². The molecule has 0 amide bonds. The van der Waals surface area contributed by atoms with E-state index >= 15 is 0 Å². The predicted octanol–water partition coefficient (Wildman–Crippen LogP) is -1.22. The second kappa shape index (κ2) is 3.38. The van der Waals surface area contributed by atoms with Gasteiger partial charge in [-0.05, 0) is 6.92 Å². The molecule has 2 aromatic rings. The Labute approximate surface area is 78.3 Å². The molecule has 0 aliphatic rings. The van der Waals surface area contributed by atoms with Crippen molar-refractivity contribution < 1.29 is 5.48 Å². The van der Waals surface area contributed by atoms with Crippen LogP contribution < -0.4 is 11.3 Å². The van der Waals surface area contributed by atoms with Crippen LogP contribution in [0.15, 0.2) is 11.0 Å². The zero-order valence-electron chi connectivity index (χ0n) is 7.40. The molecule has 0 saturated heterocycles. The van der Waals surface area contributed by atoms with E-state index in [0.717, 1.165) is 0 Å². The van der Waals surface area contributed by atoms with Crippen molar-refractivity contribution >= 4 is 17.1 Å². The first kappa shape index (κ1) is 10.1. The number of anilines is 1. The predicted molar refractivity (Wildman–Crippen MR) is 50.7 cm³/mol. The van der Waals surface area contributed by atoms with E-state index in [-0.39, 0.29) is 28.1 Å². The average Bonchev–Trinajstić information content (AvgIpc) is 2.02. The van der Waals surface area contributed by atoms with Crippen molar-refractivity contribution in [3.63, 3.8) is 0 Å². The van der Waals surface area contributed by atoms with Crippen LogP contribution in [0.2, 0.25) is 0 Å². The highest BCUT2D eigenvalue weighted by Crippen LogP contribution is 2.01. The van der Waals surface area contributed by atoms with Gasteiger partial charge < -0.3 is 11.2 Å². The summed E-state index contributed by atoms with van der Waals surface area (Å²) in [5, 5.41) is 0. The molecule has 2 rings (SSSR count). The Morgan fingerprint density at radius 2 is 2.14 bits per heavy atom. The number of aromatic nitrogens is 4. The molecular weight excluding hydrogens is 186 g/mol. The number of H-pyrrole nitrogens is 1. The fourth-order valence-corrected chi connectivity index (χ4v) is 1.02. The van der Waals surface area contributed by atoms with Crippen molar-refractivity contribution in [1.29, 1.82) is 0 Å². The quantitative estimate of drug-likeness (QED) is 0.544. The second-order valence-corrected chi connectivity index (χ2v) is 2.63. The first-order valence-electron chi connectivity index (χ1n) is 3.66. The molecule has 0 radical (unpaired) electrons. The third-order valence-electron chi connectivity index (χ3n) is 1.56. The molecule has 0 aliphatic heterocycles. The Balaban J connectivity index is 0.000000980. The number of fused-ring (bicyclic) bond motifs is 1. The highest BCUT2D eigenvalue weighted by atomic mass is 16.1. The molecule has 0 fully saturated rings. The number of nitrogens with two attached hydrogens (primary N) is 1. The topological polar surface area (TPSA) is 129 Å². The Morgan fingerprint density at radius 3 is 2.86 bits per heavy atom. The number of aromatic amines is 1. The number of rotatable bonds is 0. The summed E-state index contributed by atoms with van der Waals surface area (Å²) >= 11 is 0. The Kier molecular flexibility index (Phi) is 2.43. The van der Waals surface area contributed by atoms with Crippen LogP contribution in [0.25, 0.3) is 11.2 Å². The van der Waals surface area contributed by atoms with Gasteiger partial charge in [0.15, 0.2) is 11.2 Å². The molecule has 7 heteroatoms. The lowest BCUT2D eigenvalue weighted by Gasteiger charge is -1.96. The van der Waals surface area contributed by atoms with Crippen LogP contribution in [-0.2, 0) is 0 Å². The van der Waals surface area contributed by atoms with Crippen LogP contribution in [0, 0.1) is 6.92 Å². The Bertz CT molecular complexity index is 516. The maximum atomic E-state index is 11.2. The monoisotopic (exact) mass is 195 g/mol. The van der Waals surface area contributed by atoms with E-state index in [1.165, 1.54) is 6.20 Å². The third-order valence-corrected chi connectivity index (χ3v) is 1.56. The van der Waals surface area contributed by atoms with Gasteiger partial charge in [-0.3, -0.25) is 9.78 Å². The molecule has 14 heavy (non-hydrogen) atoms. The fourth-order valence-electron chi connectivity index (χ4n) is 1.02. The van der Waals surface area contributed by atoms with Gasteiger partial charge in [-0.2, -0.15) is 4.98 Å². The first-order valence-corrected chi connectivity index (χ1v) is 3.66. The maximum absolute atomic E-state index is 11.2. The summed E-state index contributed by atoms with van der Waals surface area (Å²) in [6, 6.07) is 0. The van der Waals surface area contributed by atoms with E-state index in [2.05, 4.69) is 19.9 Å². The number of hydrogen-bond donors (Lipinski definition) is 2. The molecule has 0 bridgehead atoms. The van der Waals surface area contributed by atoms with Gasteiger partial charge in [-0.15, -0.1) is 0 Å². The maximum Gasteiger partial charge on any atom is 0.280 e. The standard InChI is InChI=1S/C7H7N5O.H2O/c1-3-2-9-4-5(10-3)11-7(8)12-6(4)13;/h2H,1H3,(H3,8,10,11,12,13);1H2. The van der Waals surface area contributed by atoms with Gasteiger partial charge in [0.1, 0.15) is 0 Å². The summed E-state index contributed by atoms with van der Waals surface area (Å²) in [5.41, 5.74) is 6.16. The van der Waals surface area contributed by atoms with E-state index < -0.39 is 0 Å². The number of nitrogens with one attached hydrogen (secondary N) is 1. The molecule has 74 valence electrons. The normalized spacial score (nSPS) is 9.79. The van der Waals surface area contributed by atoms with Crippen LogP contribution in [0.1, 0.15) is 5.69 Å². The molecule has 0 aliphatic carbocycles. The molecule has 2 heterocycles. The Hall–Kier alpha value is -2.02. The molecule has 7 nitrogen and oxygen atoms in total. The molecule has 0 atom stereocenters. The number of nitrogens with zero attached hydrogens (tertiary/aromatic N) is 3. The summed E-state index contributed by atoms with van der Waals surface area (Å²) in [7, 11) is 0. The number of aryl methyl sites for hydroxylation is 1. The lowest BCUT2D eigenvalue weighted by Crippen LogP contribution is -2.13. The highest BCUT2D eigenvalue weighted by Gasteiger charge is 2.03. The molecular formula is C7H9N5O2. The summed E-state index contributed by atoms with van der Waals surface area (Å²) in [6.07, 6.45) is 1.51. The van der Waals surface area contributed by atoms with Crippen molar-refractivity contribution in [3.8, 4) is 0 Å². The van der Waals surface area contributed by atoms with Gasteiger partial charge in [0, 0.05) is 6.20 Å². The minimum atomic E-state index is -0.366. The molecule has 0 spiro atoms. The largest absolute Gasteiger partial charge is 0.412 e. The SMILES string of the molecule is Cc1cnc2c(=O)[nH]c(N)nc2n1.O. The summed E-state index contributed by atoms with van der Waals surface area (Å²) in [4.78, 5) is 25.3. The van der Waals surface area contributed by atoms with E-state index in [1.807, 2.05) is 0 Å². The lowest BCUT2D eigenvalue weighted by molar-refractivity contribution is 0.824. The summed E-state index contributed by atoms with van der Waals surface area (Å²) in [5.74, 6) is 0.0531. The van der Waals surface area contributed by atoms with Gasteiger partial charge in [-0.25, -0.2) is 9.97 Å². The molecule has 5 N–H and O–H groups in total. The summed E-state index contributed by atoms with van der Waals surface area (Å²) < 4.78 is 0. The molecule has 0 aromatic carbocycles. The molecule has 2 aromatic heterocycles. The van der Waals surface area contributed by atoms with Crippen molar-refractivity contribution in [3.05, 3.63) is 22.2 Å². The van der Waals surface area contributed by atoms with Gasteiger partial charge in [-0.1, -0.05) is 0 Å². The lowest BCUT2D eigenvalue weighted by atomic mass is 10.4. The smallest absolute Gasteiger partial charge is 0.280 e. The van der Waals surface area contributed by atoms with Crippen molar-refractivity contribution in [2.75, 3.05) is 5.73 Å². The van der Waals surface area contributed by atoms with E-state index in [1.54, 1.807) is 6.92 Å². The van der Waals surface area contributed by atoms with Gasteiger partial charge in [0.05, 0.1) is 5.69 Å². The summed E-state index contributed by atoms with van der Waals surface area (Å²) in [6.45, 7) is 1.77. The highest BCUT2D eigenvalue weighted by molar-refractivity contribution is 5.68. The van der Waals surface area contributed by atoms with Gasteiger partial charge in [0.25, 0.3) is 5.56 Å². The fraction of sp³-hybridized carbons (Fsp3) is 0.143. The zero-order chi connectivity index (χ0) is 9.42. The average molecular weight is 195 g/mol. The van der Waals surface area contributed by atoms with E-state index in [4.69, 9.17) is 5.73 Å². The minimum Gasteiger partial charge on any atom is -0.412 e. The van der Waals surface area contributed by atoms with Crippen molar-refractivity contribution in [2.45, 2.75) is 6.92 Å². The van der Waals surface area contributed by atoms with Crippen LogP contribution >= 0.6 is 0 Å². The van der Waals surface area contributed by atoms with Crippen LogP contribution in [0.3, 0.4) is 0 Å². The van der Waals surface area contributed by atoms with Crippen LogP contribution in [-0.4, -0.2) is 25.4 Å². The van der Waals surface area contributed by atoms with Gasteiger partial charge in [0.2, 0.25) is 5.95 Å². The first-order chi connectivity index (χ1) is 6.16. The third kappa shape index (κ3) is 1.52. The molecule has 0 saturated carbocycles. The van der Waals surface area contributed by atoms with E-state index in [0.29, 0.717) is 5.69 Å². The van der Waals surface area contributed by atoms with E-state index in [9.17, 15) is 4.79 Å².